The first-order valence-electron chi connectivity index (χ1n) is 9.47. The van der Waals surface area contributed by atoms with Crippen LogP contribution in [0.2, 0.25) is 0 Å². The van der Waals surface area contributed by atoms with Crippen molar-refractivity contribution in [3.63, 3.8) is 0 Å². The summed E-state index contributed by atoms with van der Waals surface area (Å²) >= 11 is 5.17. The van der Waals surface area contributed by atoms with Crippen LogP contribution in [0, 0.1) is 11.3 Å². The summed E-state index contributed by atoms with van der Waals surface area (Å²) in [7, 11) is 0. The molecule has 2 aromatic rings. The van der Waals surface area contributed by atoms with Gasteiger partial charge >= 0.3 is 0 Å². The zero-order valence-electron chi connectivity index (χ0n) is 16.0. The van der Waals surface area contributed by atoms with Crippen molar-refractivity contribution in [2.24, 2.45) is 0 Å². The molecule has 2 N–H and O–H groups in total. The Morgan fingerprint density at radius 1 is 1.04 bits per heavy atom. The highest BCUT2D eigenvalue weighted by molar-refractivity contribution is 7.80. The van der Waals surface area contributed by atoms with Gasteiger partial charge in [0.25, 0.3) is 5.91 Å². The van der Waals surface area contributed by atoms with E-state index in [2.05, 4.69) is 17.6 Å². The van der Waals surface area contributed by atoms with Crippen LogP contribution in [-0.4, -0.2) is 17.6 Å². The van der Waals surface area contributed by atoms with Crippen LogP contribution in [0.15, 0.2) is 48.5 Å². The molecule has 0 fully saturated rings. The fraction of sp³-hybridized carbons (Fsp3) is 0.318. The number of carbonyl (C=O) groups excluding carboxylic acids is 1. The molecule has 146 valence electrons. The van der Waals surface area contributed by atoms with E-state index in [0.717, 1.165) is 12.2 Å². The van der Waals surface area contributed by atoms with Crippen molar-refractivity contribution < 1.29 is 9.53 Å². The maximum absolute atomic E-state index is 12.3. The van der Waals surface area contributed by atoms with Gasteiger partial charge in [-0.1, -0.05) is 32.6 Å². The largest absolute Gasteiger partial charge is 0.494 e. The second-order valence-corrected chi connectivity index (χ2v) is 6.79. The van der Waals surface area contributed by atoms with Crippen LogP contribution >= 0.6 is 12.2 Å². The second-order valence-electron chi connectivity index (χ2n) is 6.38. The van der Waals surface area contributed by atoms with E-state index in [1.54, 1.807) is 48.5 Å². The molecular formula is C22H25N3O2S. The molecule has 0 saturated carbocycles. The number of ether oxygens (including phenoxy) is 1. The molecule has 0 saturated heterocycles. The van der Waals surface area contributed by atoms with Crippen LogP contribution in [-0.2, 0) is 0 Å². The zero-order valence-corrected chi connectivity index (χ0v) is 16.8. The number of thiocarbonyl (C=S) groups is 1. The van der Waals surface area contributed by atoms with Crippen molar-refractivity contribution in [1.29, 1.82) is 5.26 Å². The van der Waals surface area contributed by atoms with Crippen LogP contribution in [0.4, 0.5) is 5.69 Å². The van der Waals surface area contributed by atoms with E-state index in [1.807, 2.05) is 6.07 Å². The summed E-state index contributed by atoms with van der Waals surface area (Å²) < 4.78 is 5.71. The lowest BCUT2D eigenvalue weighted by Crippen LogP contribution is -2.34. The minimum absolute atomic E-state index is 0.196. The molecule has 0 radical (unpaired) electrons. The molecule has 6 heteroatoms. The minimum atomic E-state index is -0.294. The summed E-state index contributed by atoms with van der Waals surface area (Å²) in [5.74, 6) is 0.461. The smallest absolute Gasteiger partial charge is 0.257 e. The molecule has 0 aliphatic carbocycles. The highest BCUT2D eigenvalue weighted by Gasteiger charge is 2.08. The van der Waals surface area contributed by atoms with Gasteiger partial charge in [-0.15, -0.1) is 0 Å². The van der Waals surface area contributed by atoms with Gasteiger partial charge in [0, 0.05) is 11.3 Å². The summed E-state index contributed by atoms with van der Waals surface area (Å²) in [4.78, 5) is 12.3. The molecule has 0 aliphatic heterocycles. The third-order valence-electron chi connectivity index (χ3n) is 4.13. The van der Waals surface area contributed by atoms with Crippen LogP contribution in [0.5, 0.6) is 5.75 Å². The number of amides is 1. The summed E-state index contributed by atoms with van der Waals surface area (Å²) in [6.45, 7) is 2.89. The normalized spacial score (nSPS) is 10.0. The predicted octanol–water partition coefficient (Wildman–Crippen LogP) is 5.03. The third-order valence-corrected chi connectivity index (χ3v) is 4.34. The number of rotatable bonds is 9. The van der Waals surface area contributed by atoms with E-state index in [0.29, 0.717) is 23.4 Å². The van der Waals surface area contributed by atoms with Crippen molar-refractivity contribution in [2.75, 3.05) is 11.9 Å². The zero-order chi connectivity index (χ0) is 20.2. The monoisotopic (exact) mass is 395 g/mol. The maximum atomic E-state index is 12.3. The van der Waals surface area contributed by atoms with Crippen LogP contribution in [0.3, 0.4) is 0 Å². The lowest BCUT2D eigenvalue weighted by molar-refractivity contribution is 0.0977. The molecule has 2 aromatic carbocycles. The predicted molar refractivity (Wildman–Crippen MR) is 116 cm³/mol. The number of hydrogen-bond acceptors (Lipinski definition) is 4. The van der Waals surface area contributed by atoms with Crippen LogP contribution in [0.1, 0.15) is 54.9 Å². The number of nitrogens with zero attached hydrogens (tertiary/aromatic N) is 1. The van der Waals surface area contributed by atoms with Gasteiger partial charge in [-0.25, -0.2) is 0 Å². The van der Waals surface area contributed by atoms with E-state index in [-0.39, 0.29) is 11.0 Å². The van der Waals surface area contributed by atoms with Gasteiger partial charge in [-0.05, 0) is 67.2 Å². The van der Waals surface area contributed by atoms with E-state index >= 15 is 0 Å². The fourth-order valence-corrected chi connectivity index (χ4v) is 2.77. The topological polar surface area (TPSA) is 74.2 Å². The third kappa shape index (κ3) is 7.37. The van der Waals surface area contributed by atoms with E-state index in [4.69, 9.17) is 22.2 Å². The Morgan fingerprint density at radius 2 is 1.71 bits per heavy atom. The Balaban J connectivity index is 1.77. The quantitative estimate of drug-likeness (QED) is 0.460. The maximum Gasteiger partial charge on any atom is 0.257 e. The van der Waals surface area contributed by atoms with Crippen molar-refractivity contribution in [3.8, 4) is 11.8 Å². The molecule has 0 aliphatic rings. The molecule has 0 spiro atoms. The molecule has 0 heterocycles. The Hall–Kier alpha value is -2.91. The Labute approximate surface area is 171 Å². The number of nitriles is 1. The Bertz CT molecular complexity index is 811. The van der Waals surface area contributed by atoms with Gasteiger partial charge < -0.3 is 10.1 Å². The molecule has 28 heavy (non-hydrogen) atoms. The van der Waals surface area contributed by atoms with E-state index < -0.39 is 0 Å². The molecular weight excluding hydrogens is 370 g/mol. The molecule has 0 aromatic heterocycles. The van der Waals surface area contributed by atoms with Gasteiger partial charge in [0.2, 0.25) is 0 Å². The minimum Gasteiger partial charge on any atom is -0.494 e. The number of nitrogens with one attached hydrogen (secondary N) is 2. The molecule has 0 unspecified atom stereocenters. The summed E-state index contributed by atoms with van der Waals surface area (Å²) in [5.41, 5.74) is 1.76. The van der Waals surface area contributed by atoms with Crippen molar-refractivity contribution >= 4 is 28.9 Å². The molecule has 2 rings (SSSR count). The van der Waals surface area contributed by atoms with Crippen molar-refractivity contribution in [3.05, 3.63) is 59.7 Å². The SMILES string of the molecule is CCCCCCCOc1ccc(C(=O)NC(=S)Nc2ccc(C#N)cc2)cc1. The number of unbranched alkanes of at least 4 members (excludes halogenated alkanes) is 4. The molecule has 0 bridgehead atoms. The Morgan fingerprint density at radius 3 is 2.36 bits per heavy atom. The standard InChI is InChI=1S/C22H25N3O2S/c1-2-3-4-5-6-15-27-20-13-9-18(10-14-20)21(26)25-22(28)24-19-11-7-17(16-23)8-12-19/h7-14H,2-6,15H2,1H3,(H2,24,25,26,28). The van der Waals surface area contributed by atoms with Crippen molar-refractivity contribution in [2.45, 2.75) is 39.0 Å². The van der Waals surface area contributed by atoms with Crippen LogP contribution in [0.25, 0.3) is 0 Å². The van der Waals surface area contributed by atoms with Crippen LogP contribution < -0.4 is 15.4 Å². The second kappa shape index (κ2) is 11.7. The first-order valence-corrected chi connectivity index (χ1v) is 9.88. The lowest BCUT2D eigenvalue weighted by atomic mass is 10.2. The fourth-order valence-electron chi connectivity index (χ4n) is 2.56. The van der Waals surface area contributed by atoms with Gasteiger partial charge in [0.1, 0.15) is 5.75 Å². The summed E-state index contributed by atoms with van der Waals surface area (Å²) in [6.07, 6.45) is 5.97. The van der Waals surface area contributed by atoms with Gasteiger partial charge in [-0.2, -0.15) is 5.26 Å². The first kappa shape index (κ1) is 21.4. The Kier molecular flexibility index (Phi) is 8.96. The van der Waals surface area contributed by atoms with E-state index in [9.17, 15) is 4.79 Å². The highest BCUT2D eigenvalue weighted by atomic mass is 32.1. The van der Waals surface area contributed by atoms with Gasteiger partial charge in [0.15, 0.2) is 5.11 Å². The number of hydrogen-bond donors (Lipinski definition) is 2. The average Bonchev–Trinajstić information content (AvgIpc) is 2.71. The first-order chi connectivity index (χ1) is 13.6. The number of anilines is 1. The number of benzene rings is 2. The number of carbonyl (C=O) groups is 1. The summed E-state index contributed by atoms with van der Waals surface area (Å²) in [5, 5.41) is 14.6. The lowest BCUT2D eigenvalue weighted by Gasteiger charge is -2.10. The average molecular weight is 396 g/mol. The van der Waals surface area contributed by atoms with Gasteiger partial charge in [-0.3, -0.25) is 10.1 Å². The van der Waals surface area contributed by atoms with Crippen molar-refractivity contribution in [1.82, 2.24) is 5.32 Å². The van der Waals surface area contributed by atoms with E-state index in [1.165, 1.54) is 25.7 Å². The van der Waals surface area contributed by atoms with Gasteiger partial charge in [0.05, 0.1) is 18.2 Å². The molecule has 0 atom stereocenters. The highest BCUT2D eigenvalue weighted by Crippen LogP contribution is 2.14. The molecule has 1 amide bonds. The summed E-state index contributed by atoms with van der Waals surface area (Å²) in [6, 6.07) is 15.9. The molecule has 5 nitrogen and oxygen atoms in total.